The molecule has 0 radical (unpaired) electrons. The van der Waals surface area contributed by atoms with Gasteiger partial charge in [0.25, 0.3) is 5.56 Å². The number of aromatic nitrogens is 2. The normalized spacial score (nSPS) is 15.9. The molecule has 4 nitrogen and oxygen atoms in total. The van der Waals surface area contributed by atoms with Gasteiger partial charge in [0.2, 0.25) is 0 Å². The van der Waals surface area contributed by atoms with E-state index in [0.29, 0.717) is 6.42 Å². The van der Waals surface area contributed by atoms with E-state index in [4.69, 9.17) is 4.98 Å². The minimum atomic E-state index is 0.140. The molecule has 0 bridgehead atoms. The SMILES string of the molecule is CCc1cc2c(=O)n(C3CCN(C)CC3)c(Cc3cccc4ccccc34)nc2s1. The summed E-state index contributed by atoms with van der Waals surface area (Å²) in [6.45, 7) is 4.18. The van der Waals surface area contributed by atoms with Gasteiger partial charge in [-0.05, 0) is 61.8 Å². The standard InChI is InChI=1S/C25H27N3OS/c1-3-20-16-22-24(30-20)26-23(28(25(22)29)19-11-13-27(2)14-12-19)15-18-9-6-8-17-7-4-5-10-21(17)18/h4-10,16,19H,3,11-15H2,1-2H3. The number of benzene rings is 2. The predicted octanol–water partition coefficient (Wildman–Crippen LogP) is 5.03. The lowest BCUT2D eigenvalue weighted by Crippen LogP contribution is -2.37. The molecular weight excluding hydrogens is 390 g/mol. The smallest absolute Gasteiger partial charge is 0.262 e. The van der Waals surface area contributed by atoms with E-state index in [1.807, 2.05) is 4.57 Å². The molecule has 0 unspecified atom stereocenters. The van der Waals surface area contributed by atoms with Crippen molar-refractivity contribution in [2.24, 2.45) is 0 Å². The van der Waals surface area contributed by atoms with Gasteiger partial charge in [0.15, 0.2) is 0 Å². The molecule has 1 aliphatic rings. The Morgan fingerprint density at radius 1 is 1.07 bits per heavy atom. The van der Waals surface area contributed by atoms with Crippen molar-refractivity contribution in [2.75, 3.05) is 20.1 Å². The maximum absolute atomic E-state index is 13.6. The fourth-order valence-corrected chi connectivity index (χ4v) is 5.61. The highest BCUT2D eigenvalue weighted by Crippen LogP contribution is 2.28. The molecule has 0 amide bonds. The number of hydrogen-bond acceptors (Lipinski definition) is 4. The highest BCUT2D eigenvalue weighted by Gasteiger charge is 2.24. The lowest BCUT2D eigenvalue weighted by molar-refractivity contribution is 0.216. The number of nitrogens with zero attached hydrogens (tertiary/aromatic N) is 3. The van der Waals surface area contributed by atoms with Gasteiger partial charge in [-0.25, -0.2) is 4.98 Å². The van der Waals surface area contributed by atoms with Gasteiger partial charge in [0, 0.05) is 17.3 Å². The molecule has 2 aromatic carbocycles. The first-order chi connectivity index (χ1) is 14.6. The minimum Gasteiger partial charge on any atom is -0.306 e. The Morgan fingerprint density at radius 2 is 1.83 bits per heavy atom. The van der Waals surface area contributed by atoms with Crippen LogP contribution in [0.4, 0.5) is 0 Å². The van der Waals surface area contributed by atoms with E-state index in [9.17, 15) is 4.79 Å². The molecular formula is C25H27N3OS. The van der Waals surface area contributed by atoms with Crippen molar-refractivity contribution in [3.8, 4) is 0 Å². The monoisotopic (exact) mass is 417 g/mol. The van der Waals surface area contributed by atoms with Crippen molar-refractivity contribution in [1.82, 2.24) is 14.5 Å². The molecule has 4 aromatic rings. The van der Waals surface area contributed by atoms with Gasteiger partial charge in [-0.15, -0.1) is 11.3 Å². The molecule has 5 heteroatoms. The Labute approximate surface area is 180 Å². The second-order valence-corrected chi connectivity index (χ2v) is 9.45. The zero-order chi connectivity index (χ0) is 20.7. The second-order valence-electron chi connectivity index (χ2n) is 8.34. The van der Waals surface area contributed by atoms with Crippen LogP contribution in [-0.2, 0) is 12.8 Å². The highest BCUT2D eigenvalue weighted by molar-refractivity contribution is 7.18. The third kappa shape index (κ3) is 3.46. The summed E-state index contributed by atoms with van der Waals surface area (Å²) in [6, 6.07) is 17.2. The number of piperidine rings is 1. The number of likely N-dealkylation sites (tertiary alicyclic amines) is 1. The number of thiophene rings is 1. The van der Waals surface area contributed by atoms with Gasteiger partial charge >= 0.3 is 0 Å². The van der Waals surface area contributed by atoms with Crippen LogP contribution in [0.1, 0.15) is 42.1 Å². The predicted molar refractivity (Wildman–Crippen MR) is 126 cm³/mol. The first-order valence-electron chi connectivity index (χ1n) is 10.8. The van der Waals surface area contributed by atoms with Gasteiger partial charge in [-0.3, -0.25) is 9.36 Å². The van der Waals surface area contributed by atoms with Crippen LogP contribution in [0.5, 0.6) is 0 Å². The van der Waals surface area contributed by atoms with E-state index >= 15 is 0 Å². The lowest BCUT2D eigenvalue weighted by atomic mass is 10.0. The van der Waals surface area contributed by atoms with Crippen LogP contribution in [0.3, 0.4) is 0 Å². The largest absolute Gasteiger partial charge is 0.306 e. The lowest BCUT2D eigenvalue weighted by Gasteiger charge is -2.31. The zero-order valence-corrected chi connectivity index (χ0v) is 18.4. The number of aryl methyl sites for hydroxylation is 1. The Balaban J connectivity index is 1.67. The summed E-state index contributed by atoms with van der Waals surface area (Å²) in [7, 11) is 2.16. The fraction of sp³-hybridized carbons (Fsp3) is 0.360. The maximum atomic E-state index is 13.6. The molecule has 0 spiro atoms. The van der Waals surface area contributed by atoms with Gasteiger partial charge < -0.3 is 4.90 Å². The quantitative estimate of drug-likeness (QED) is 0.467. The van der Waals surface area contributed by atoms with E-state index in [2.05, 4.69) is 67.4 Å². The number of rotatable bonds is 4. The van der Waals surface area contributed by atoms with Crippen LogP contribution in [0.2, 0.25) is 0 Å². The van der Waals surface area contributed by atoms with Crippen LogP contribution in [-0.4, -0.2) is 34.6 Å². The van der Waals surface area contributed by atoms with Gasteiger partial charge in [0.05, 0.1) is 5.39 Å². The Hall–Kier alpha value is -2.50. The topological polar surface area (TPSA) is 38.1 Å². The van der Waals surface area contributed by atoms with Crippen molar-refractivity contribution >= 4 is 32.3 Å². The zero-order valence-electron chi connectivity index (χ0n) is 17.6. The molecule has 0 N–H and O–H groups in total. The number of fused-ring (bicyclic) bond motifs is 2. The molecule has 0 atom stereocenters. The van der Waals surface area contributed by atoms with Crippen LogP contribution in [0.25, 0.3) is 21.0 Å². The van der Waals surface area contributed by atoms with E-state index < -0.39 is 0 Å². The minimum absolute atomic E-state index is 0.140. The van der Waals surface area contributed by atoms with E-state index in [0.717, 1.165) is 48.4 Å². The Kier molecular flexibility index (Phi) is 5.17. The molecule has 0 aliphatic carbocycles. The van der Waals surface area contributed by atoms with Crippen LogP contribution in [0, 0.1) is 0 Å². The van der Waals surface area contributed by atoms with E-state index in [1.54, 1.807) is 11.3 Å². The van der Waals surface area contributed by atoms with Crippen LogP contribution in [0.15, 0.2) is 53.3 Å². The molecule has 30 heavy (non-hydrogen) atoms. The van der Waals surface area contributed by atoms with Crippen molar-refractivity contribution in [3.05, 3.63) is 75.1 Å². The molecule has 1 aliphatic heterocycles. The summed E-state index contributed by atoms with van der Waals surface area (Å²) < 4.78 is 2.03. The molecule has 154 valence electrons. The molecule has 5 rings (SSSR count). The van der Waals surface area contributed by atoms with Gasteiger partial charge in [-0.2, -0.15) is 0 Å². The Morgan fingerprint density at radius 3 is 2.63 bits per heavy atom. The van der Waals surface area contributed by atoms with Crippen molar-refractivity contribution in [3.63, 3.8) is 0 Å². The van der Waals surface area contributed by atoms with Crippen molar-refractivity contribution < 1.29 is 0 Å². The average molecular weight is 418 g/mol. The summed E-state index contributed by atoms with van der Waals surface area (Å²) in [4.78, 5) is 23.2. The van der Waals surface area contributed by atoms with Gasteiger partial charge in [0.1, 0.15) is 10.7 Å². The fourth-order valence-electron chi connectivity index (χ4n) is 4.63. The average Bonchev–Trinajstić information content (AvgIpc) is 3.19. The van der Waals surface area contributed by atoms with Crippen LogP contribution >= 0.6 is 11.3 Å². The summed E-state index contributed by atoms with van der Waals surface area (Å²) in [5.41, 5.74) is 1.37. The molecule has 0 saturated carbocycles. The van der Waals surface area contributed by atoms with Crippen molar-refractivity contribution in [2.45, 2.75) is 38.6 Å². The number of hydrogen-bond donors (Lipinski definition) is 0. The second kappa shape index (κ2) is 7.97. The summed E-state index contributed by atoms with van der Waals surface area (Å²) in [6.07, 6.45) is 3.61. The maximum Gasteiger partial charge on any atom is 0.262 e. The molecule has 3 heterocycles. The van der Waals surface area contributed by atoms with Crippen LogP contribution < -0.4 is 5.56 Å². The first-order valence-corrected chi connectivity index (χ1v) is 11.6. The van der Waals surface area contributed by atoms with E-state index in [-0.39, 0.29) is 11.6 Å². The van der Waals surface area contributed by atoms with Gasteiger partial charge in [-0.1, -0.05) is 49.4 Å². The molecule has 1 fully saturated rings. The molecule has 2 aromatic heterocycles. The molecule has 1 saturated heterocycles. The van der Waals surface area contributed by atoms with E-state index in [1.165, 1.54) is 21.2 Å². The highest BCUT2D eigenvalue weighted by atomic mass is 32.1. The summed E-state index contributed by atoms with van der Waals surface area (Å²) in [5.74, 6) is 0.905. The summed E-state index contributed by atoms with van der Waals surface area (Å²) in [5, 5.41) is 3.26. The first kappa shape index (κ1) is 19.5. The summed E-state index contributed by atoms with van der Waals surface area (Å²) >= 11 is 1.66. The van der Waals surface area contributed by atoms with Crippen molar-refractivity contribution in [1.29, 1.82) is 0 Å². The third-order valence-electron chi connectivity index (χ3n) is 6.35. The third-order valence-corrected chi connectivity index (χ3v) is 7.52. The Bertz CT molecular complexity index is 1260.